The van der Waals surface area contributed by atoms with Crippen molar-refractivity contribution in [2.75, 3.05) is 5.32 Å². The fraction of sp³-hybridized carbons (Fsp3) is 0.273. The molecule has 1 heterocycles. The molecule has 0 bridgehead atoms. The van der Waals surface area contributed by atoms with E-state index in [1.807, 2.05) is 31.3 Å². The van der Waals surface area contributed by atoms with E-state index < -0.39 is 0 Å². The molecular weight excluding hydrogens is 224 g/mol. The number of nitrogens with one attached hydrogen (secondary N) is 1. The van der Waals surface area contributed by atoms with Crippen LogP contribution >= 0.6 is 11.6 Å². The van der Waals surface area contributed by atoms with Crippen molar-refractivity contribution in [2.45, 2.75) is 12.4 Å². The van der Waals surface area contributed by atoms with E-state index in [-0.39, 0.29) is 0 Å². The van der Waals surface area contributed by atoms with Crippen LogP contribution in [0.3, 0.4) is 0 Å². The topological polar surface area (TPSA) is 42.7 Å². The van der Waals surface area contributed by atoms with E-state index >= 15 is 0 Å². The van der Waals surface area contributed by atoms with E-state index in [0.717, 1.165) is 17.1 Å². The van der Waals surface area contributed by atoms with Crippen molar-refractivity contribution in [3.05, 3.63) is 42.0 Å². The van der Waals surface area contributed by atoms with Gasteiger partial charge in [-0.15, -0.1) is 11.6 Å². The number of rotatable bonds is 4. The molecule has 0 unspecified atom stereocenters. The van der Waals surface area contributed by atoms with E-state index in [0.29, 0.717) is 12.4 Å². The number of alkyl halides is 1. The summed E-state index contributed by atoms with van der Waals surface area (Å²) >= 11 is 5.72. The summed E-state index contributed by atoms with van der Waals surface area (Å²) in [5.74, 6) is 1.45. The van der Waals surface area contributed by atoms with Crippen molar-refractivity contribution >= 4 is 17.3 Å². The highest BCUT2D eigenvalue weighted by Gasteiger charge is 1.99. The molecule has 2 rings (SSSR count). The third kappa shape index (κ3) is 2.52. The maximum Gasteiger partial charge on any atom is 0.145 e. The van der Waals surface area contributed by atoms with Crippen LogP contribution in [-0.4, -0.2) is 14.8 Å². The van der Waals surface area contributed by atoms with Crippen LogP contribution in [0, 0.1) is 0 Å². The molecule has 2 aromatic rings. The van der Waals surface area contributed by atoms with E-state index in [9.17, 15) is 0 Å². The molecule has 0 amide bonds. The second kappa shape index (κ2) is 4.99. The Morgan fingerprint density at radius 3 is 2.62 bits per heavy atom. The zero-order valence-corrected chi connectivity index (χ0v) is 9.78. The van der Waals surface area contributed by atoms with Crippen molar-refractivity contribution in [2.24, 2.45) is 7.05 Å². The Morgan fingerprint density at radius 1 is 1.31 bits per heavy atom. The first kappa shape index (κ1) is 11.0. The second-order valence-corrected chi connectivity index (χ2v) is 3.75. The minimum absolute atomic E-state index is 0.545. The first-order valence-corrected chi connectivity index (χ1v) is 5.54. The van der Waals surface area contributed by atoms with Gasteiger partial charge < -0.3 is 5.32 Å². The molecule has 4 nitrogen and oxygen atoms in total. The standard InChI is InChI=1S/C11H13ClN4/c1-16-11(14-8-15-16)7-13-10-4-2-9(6-12)3-5-10/h2-5,8,13H,6-7H2,1H3. The van der Waals surface area contributed by atoms with Crippen molar-refractivity contribution in [3.63, 3.8) is 0 Å². The molecule has 0 aliphatic heterocycles. The van der Waals surface area contributed by atoms with Crippen molar-refractivity contribution in [1.29, 1.82) is 0 Å². The third-order valence-electron chi connectivity index (χ3n) is 2.36. The summed E-state index contributed by atoms with van der Waals surface area (Å²) in [5.41, 5.74) is 2.17. The lowest BCUT2D eigenvalue weighted by Gasteiger charge is -2.06. The highest BCUT2D eigenvalue weighted by atomic mass is 35.5. The molecular formula is C11H13ClN4. The largest absolute Gasteiger partial charge is 0.378 e. The number of hydrogen-bond acceptors (Lipinski definition) is 3. The number of halogens is 1. The summed E-state index contributed by atoms with van der Waals surface area (Å²) in [6, 6.07) is 8.03. The summed E-state index contributed by atoms with van der Waals surface area (Å²) in [4.78, 5) is 4.13. The number of aromatic nitrogens is 3. The molecule has 16 heavy (non-hydrogen) atoms. The first-order chi connectivity index (χ1) is 7.79. The number of hydrogen-bond donors (Lipinski definition) is 1. The van der Waals surface area contributed by atoms with Crippen molar-refractivity contribution in [1.82, 2.24) is 14.8 Å². The van der Waals surface area contributed by atoms with Gasteiger partial charge in [0.15, 0.2) is 0 Å². The molecule has 5 heteroatoms. The molecule has 0 radical (unpaired) electrons. The van der Waals surface area contributed by atoms with Crippen LogP contribution in [0.1, 0.15) is 11.4 Å². The van der Waals surface area contributed by atoms with Gasteiger partial charge in [0.1, 0.15) is 12.2 Å². The monoisotopic (exact) mass is 236 g/mol. The highest BCUT2D eigenvalue weighted by Crippen LogP contribution is 2.11. The van der Waals surface area contributed by atoms with Gasteiger partial charge in [0.2, 0.25) is 0 Å². The van der Waals surface area contributed by atoms with E-state index in [2.05, 4.69) is 15.4 Å². The summed E-state index contributed by atoms with van der Waals surface area (Å²) in [5, 5.41) is 7.28. The lowest BCUT2D eigenvalue weighted by molar-refractivity contribution is 0.712. The Hall–Kier alpha value is -1.55. The van der Waals surface area contributed by atoms with Gasteiger partial charge >= 0.3 is 0 Å². The maximum absolute atomic E-state index is 5.72. The van der Waals surface area contributed by atoms with Gasteiger partial charge in [-0.25, -0.2) is 4.98 Å². The summed E-state index contributed by atoms with van der Waals surface area (Å²) in [7, 11) is 1.88. The zero-order valence-electron chi connectivity index (χ0n) is 9.02. The van der Waals surface area contributed by atoms with Crippen LogP contribution in [0.25, 0.3) is 0 Å². The predicted octanol–water partition coefficient (Wildman–Crippen LogP) is 2.17. The molecule has 0 atom stereocenters. The van der Waals surface area contributed by atoms with E-state index in [4.69, 9.17) is 11.6 Å². The summed E-state index contributed by atoms with van der Waals surface area (Å²) < 4.78 is 1.75. The van der Waals surface area contributed by atoms with Crippen molar-refractivity contribution in [3.8, 4) is 0 Å². The molecule has 0 fully saturated rings. The lowest BCUT2D eigenvalue weighted by Crippen LogP contribution is -2.06. The van der Waals surface area contributed by atoms with Gasteiger partial charge in [-0.1, -0.05) is 12.1 Å². The van der Waals surface area contributed by atoms with Gasteiger partial charge in [-0.05, 0) is 17.7 Å². The average Bonchev–Trinajstić information content (AvgIpc) is 2.73. The van der Waals surface area contributed by atoms with Crippen LogP contribution in [0.15, 0.2) is 30.6 Å². The number of benzene rings is 1. The van der Waals surface area contributed by atoms with Gasteiger partial charge in [0.05, 0.1) is 6.54 Å². The molecule has 0 aliphatic rings. The van der Waals surface area contributed by atoms with E-state index in [1.165, 1.54) is 0 Å². The number of anilines is 1. The van der Waals surface area contributed by atoms with Crippen LogP contribution in [0.4, 0.5) is 5.69 Å². The number of nitrogens with zero attached hydrogens (tertiary/aromatic N) is 3. The fourth-order valence-corrected chi connectivity index (χ4v) is 1.55. The summed E-state index contributed by atoms with van der Waals surface area (Å²) in [6.45, 7) is 0.663. The molecule has 0 aliphatic carbocycles. The molecule has 1 aromatic heterocycles. The SMILES string of the molecule is Cn1ncnc1CNc1ccc(CCl)cc1. The Labute approximate surface area is 99.3 Å². The Morgan fingerprint density at radius 2 is 2.06 bits per heavy atom. The minimum Gasteiger partial charge on any atom is -0.378 e. The van der Waals surface area contributed by atoms with Gasteiger partial charge in [0.25, 0.3) is 0 Å². The third-order valence-corrected chi connectivity index (χ3v) is 2.67. The molecule has 1 N–H and O–H groups in total. The van der Waals surface area contributed by atoms with Crippen LogP contribution in [0.2, 0.25) is 0 Å². The smallest absolute Gasteiger partial charge is 0.145 e. The average molecular weight is 237 g/mol. The predicted molar refractivity (Wildman–Crippen MR) is 64.3 cm³/mol. The molecule has 0 spiro atoms. The molecule has 84 valence electrons. The van der Waals surface area contributed by atoms with Gasteiger partial charge in [-0.3, -0.25) is 4.68 Å². The zero-order chi connectivity index (χ0) is 11.4. The number of aryl methyl sites for hydroxylation is 1. The maximum atomic E-state index is 5.72. The van der Waals surface area contributed by atoms with Crippen LogP contribution in [-0.2, 0) is 19.5 Å². The minimum atomic E-state index is 0.545. The molecule has 0 saturated carbocycles. The van der Waals surface area contributed by atoms with Crippen LogP contribution < -0.4 is 5.32 Å². The Bertz CT molecular complexity index is 449. The summed E-state index contributed by atoms with van der Waals surface area (Å²) in [6.07, 6.45) is 1.55. The quantitative estimate of drug-likeness (QED) is 0.828. The first-order valence-electron chi connectivity index (χ1n) is 5.01. The highest BCUT2D eigenvalue weighted by molar-refractivity contribution is 6.17. The molecule has 1 aromatic carbocycles. The van der Waals surface area contributed by atoms with Gasteiger partial charge in [-0.2, -0.15) is 5.10 Å². The lowest BCUT2D eigenvalue weighted by atomic mass is 10.2. The normalized spacial score (nSPS) is 10.4. The van der Waals surface area contributed by atoms with Crippen molar-refractivity contribution < 1.29 is 0 Å². The van der Waals surface area contributed by atoms with Gasteiger partial charge in [0, 0.05) is 18.6 Å². The Kier molecular flexibility index (Phi) is 3.41. The second-order valence-electron chi connectivity index (χ2n) is 3.48. The van der Waals surface area contributed by atoms with E-state index in [1.54, 1.807) is 11.0 Å². The molecule has 0 saturated heterocycles. The fourth-order valence-electron chi connectivity index (χ4n) is 1.37. The Balaban J connectivity index is 1.97. The van der Waals surface area contributed by atoms with Crippen LogP contribution in [0.5, 0.6) is 0 Å².